The minimum absolute atomic E-state index is 0.000913. The average molecular weight is 289 g/mol. The van der Waals surface area contributed by atoms with Crippen molar-refractivity contribution in [1.29, 1.82) is 0 Å². The van der Waals surface area contributed by atoms with Crippen LogP contribution in [0.25, 0.3) is 0 Å². The smallest absolute Gasteiger partial charge is 0.309 e. The highest BCUT2D eigenvalue weighted by Gasteiger charge is 2.12. The molecule has 0 saturated heterocycles. The summed E-state index contributed by atoms with van der Waals surface area (Å²) in [6.45, 7) is 1.95. The topological polar surface area (TPSA) is 90.2 Å². The van der Waals surface area contributed by atoms with Crippen LogP contribution in [0.2, 0.25) is 0 Å². The van der Waals surface area contributed by atoms with Gasteiger partial charge < -0.3 is 9.88 Å². The van der Waals surface area contributed by atoms with E-state index in [0.717, 1.165) is 10.8 Å². The van der Waals surface area contributed by atoms with Gasteiger partial charge in [-0.1, -0.05) is 0 Å². The zero-order valence-corrected chi connectivity index (χ0v) is 12.3. The van der Waals surface area contributed by atoms with Crippen LogP contribution in [0.4, 0.5) is 0 Å². The van der Waals surface area contributed by atoms with Crippen molar-refractivity contribution in [2.24, 2.45) is 14.1 Å². The lowest BCUT2D eigenvalue weighted by Crippen LogP contribution is -2.41. The highest BCUT2D eigenvalue weighted by molar-refractivity contribution is 7.90. The first-order valence-electron chi connectivity index (χ1n) is 5.78. The maximum atomic E-state index is 11.8. The SMILES string of the molecule is CC(CS(C)(=O)=O)NCc1cn(C)c(=O)n(C)c1=O. The van der Waals surface area contributed by atoms with Crippen LogP contribution in [-0.4, -0.2) is 35.6 Å². The molecule has 1 aromatic heterocycles. The number of aryl methyl sites for hydroxylation is 1. The number of nitrogens with zero attached hydrogens (tertiary/aromatic N) is 2. The second kappa shape index (κ2) is 5.70. The van der Waals surface area contributed by atoms with Crippen molar-refractivity contribution in [3.8, 4) is 0 Å². The molecule has 0 amide bonds. The van der Waals surface area contributed by atoms with E-state index in [4.69, 9.17) is 0 Å². The highest BCUT2D eigenvalue weighted by Crippen LogP contribution is 1.93. The van der Waals surface area contributed by atoms with E-state index in [-0.39, 0.29) is 23.9 Å². The lowest BCUT2D eigenvalue weighted by atomic mass is 10.3. The van der Waals surface area contributed by atoms with Crippen molar-refractivity contribution in [2.45, 2.75) is 19.5 Å². The lowest BCUT2D eigenvalue weighted by molar-refractivity contribution is 0.551. The molecule has 0 aliphatic heterocycles. The molecule has 19 heavy (non-hydrogen) atoms. The standard InChI is InChI=1S/C11H19N3O4S/c1-8(7-19(4,17)18)12-5-9-6-13(2)11(16)14(3)10(9)15/h6,8,12H,5,7H2,1-4H3. The molecule has 0 spiro atoms. The van der Waals surface area contributed by atoms with Crippen LogP contribution in [0.15, 0.2) is 15.8 Å². The number of sulfone groups is 1. The van der Waals surface area contributed by atoms with E-state index >= 15 is 0 Å². The number of hydrogen-bond acceptors (Lipinski definition) is 5. The summed E-state index contributed by atoms with van der Waals surface area (Å²) in [5, 5.41) is 2.96. The molecule has 1 atom stereocenters. The minimum Gasteiger partial charge on any atom is -0.309 e. The van der Waals surface area contributed by atoms with Crippen LogP contribution >= 0.6 is 0 Å². The van der Waals surface area contributed by atoms with E-state index in [1.54, 1.807) is 14.0 Å². The molecule has 0 radical (unpaired) electrons. The molecule has 0 aromatic carbocycles. The van der Waals surface area contributed by atoms with Gasteiger partial charge in [0.05, 0.1) is 5.75 Å². The molecule has 0 aliphatic rings. The first-order valence-corrected chi connectivity index (χ1v) is 7.84. The Morgan fingerprint density at radius 3 is 2.42 bits per heavy atom. The summed E-state index contributed by atoms with van der Waals surface area (Å²) < 4.78 is 24.6. The molecule has 1 heterocycles. The van der Waals surface area contributed by atoms with Crippen molar-refractivity contribution in [2.75, 3.05) is 12.0 Å². The van der Waals surface area contributed by atoms with Gasteiger partial charge in [0, 0.05) is 44.7 Å². The normalized spacial score (nSPS) is 13.5. The predicted octanol–water partition coefficient (Wildman–Crippen LogP) is -1.39. The maximum absolute atomic E-state index is 11.8. The zero-order chi connectivity index (χ0) is 14.8. The fourth-order valence-electron chi connectivity index (χ4n) is 1.80. The molecular formula is C11H19N3O4S. The van der Waals surface area contributed by atoms with Crippen LogP contribution in [0.3, 0.4) is 0 Å². The molecule has 1 rings (SSSR count). The molecule has 1 N–H and O–H groups in total. The summed E-state index contributed by atoms with van der Waals surface area (Å²) in [7, 11) is -0.0904. The first kappa shape index (κ1) is 15.6. The number of nitrogens with one attached hydrogen (secondary N) is 1. The molecule has 0 aliphatic carbocycles. The molecule has 0 bridgehead atoms. The Morgan fingerprint density at radius 1 is 1.32 bits per heavy atom. The van der Waals surface area contributed by atoms with Crippen LogP contribution < -0.4 is 16.6 Å². The van der Waals surface area contributed by atoms with Crippen LogP contribution in [0.5, 0.6) is 0 Å². The van der Waals surface area contributed by atoms with Gasteiger partial charge in [-0.15, -0.1) is 0 Å². The van der Waals surface area contributed by atoms with Gasteiger partial charge in [-0.3, -0.25) is 9.36 Å². The largest absolute Gasteiger partial charge is 0.330 e. The van der Waals surface area contributed by atoms with Crippen molar-refractivity contribution in [1.82, 2.24) is 14.5 Å². The summed E-state index contributed by atoms with van der Waals surface area (Å²) in [6.07, 6.45) is 2.63. The second-order valence-corrected chi connectivity index (χ2v) is 6.97. The second-order valence-electron chi connectivity index (χ2n) is 4.79. The monoisotopic (exact) mass is 289 g/mol. The third-order valence-corrected chi connectivity index (χ3v) is 3.82. The quantitative estimate of drug-likeness (QED) is 0.720. The summed E-state index contributed by atoms with van der Waals surface area (Å²) in [5.74, 6) is -0.000913. The van der Waals surface area contributed by atoms with Crippen LogP contribution in [-0.2, 0) is 30.5 Å². The number of hydrogen-bond donors (Lipinski definition) is 1. The molecule has 1 aromatic rings. The fraction of sp³-hybridized carbons (Fsp3) is 0.636. The van der Waals surface area contributed by atoms with E-state index < -0.39 is 15.5 Å². The predicted molar refractivity (Wildman–Crippen MR) is 72.9 cm³/mol. The average Bonchev–Trinajstić information content (AvgIpc) is 2.27. The summed E-state index contributed by atoms with van der Waals surface area (Å²) in [4.78, 5) is 23.3. The van der Waals surface area contributed by atoms with Gasteiger partial charge >= 0.3 is 5.69 Å². The molecule has 8 heteroatoms. The summed E-state index contributed by atoms with van der Waals surface area (Å²) in [5.41, 5.74) is -0.343. The third-order valence-electron chi connectivity index (χ3n) is 2.71. The van der Waals surface area contributed by atoms with E-state index in [0.29, 0.717) is 5.56 Å². The van der Waals surface area contributed by atoms with Gasteiger partial charge in [0.2, 0.25) is 0 Å². The Kier molecular flexibility index (Phi) is 4.70. The lowest BCUT2D eigenvalue weighted by Gasteiger charge is -2.13. The Labute approximate surface area is 111 Å². The fourth-order valence-corrected chi connectivity index (χ4v) is 2.83. The molecule has 1 unspecified atom stereocenters. The van der Waals surface area contributed by atoms with Crippen LogP contribution in [0.1, 0.15) is 12.5 Å². The van der Waals surface area contributed by atoms with E-state index in [1.807, 2.05) is 0 Å². The highest BCUT2D eigenvalue weighted by atomic mass is 32.2. The third kappa shape index (κ3) is 4.32. The molecule has 0 saturated carbocycles. The number of aromatic nitrogens is 2. The molecular weight excluding hydrogens is 270 g/mol. The Hall–Kier alpha value is -1.41. The first-order chi connectivity index (χ1) is 8.61. The van der Waals surface area contributed by atoms with Gasteiger partial charge in [0.15, 0.2) is 0 Å². The van der Waals surface area contributed by atoms with Gasteiger partial charge in [-0.25, -0.2) is 13.2 Å². The van der Waals surface area contributed by atoms with Crippen molar-refractivity contribution in [3.05, 3.63) is 32.6 Å². The Morgan fingerprint density at radius 2 is 1.89 bits per heavy atom. The van der Waals surface area contributed by atoms with Crippen molar-refractivity contribution < 1.29 is 8.42 Å². The van der Waals surface area contributed by atoms with Gasteiger partial charge in [-0.05, 0) is 6.92 Å². The van der Waals surface area contributed by atoms with Gasteiger partial charge in [-0.2, -0.15) is 0 Å². The maximum Gasteiger partial charge on any atom is 0.330 e. The van der Waals surface area contributed by atoms with E-state index in [1.165, 1.54) is 17.8 Å². The zero-order valence-electron chi connectivity index (χ0n) is 11.5. The van der Waals surface area contributed by atoms with Gasteiger partial charge in [0.25, 0.3) is 5.56 Å². The van der Waals surface area contributed by atoms with Crippen molar-refractivity contribution >= 4 is 9.84 Å². The Balaban J connectivity index is 2.85. The summed E-state index contributed by atoms with van der Waals surface area (Å²) >= 11 is 0. The Bertz CT molecular complexity index is 672. The van der Waals surface area contributed by atoms with E-state index in [9.17, 15) is 18.0 Å². The molecule has 0 fully saturated rings. The molecule has 7 nitrogen and oxygen atoms in total. The number of rotatable bonds is 5. The van der Waals surface area contributed by atoms with Crippen molar-refractivity contribution in [3.63, 3.8) is 0 Å². The summed E-state index contributed by atoms with van der Waals surface area (Å²) in [6, 6.07) is -0.267. The van der Waals surface area contributed by atoms with Crippen LogP contribution in [0, 0.1) is 0 Å². The minimum atomic E-state index is -3.06. The van der Waals surface area contributed by atoms with E-state index in [2.05, 4.69) is 5.32 Å². The van der Waals surface area contributed by atoms with Gasteiger partial charge in [0.1, 0.15) is 9.84 Å². The molecule has 108 valence electrons.